The van der Waals surface area contributed by atoms with Crippen LogP contribution in [-0.4, -0.2) is 30.6 Å². The second-order valence-electron chi connectivity index (χ2n) is 7.74. The van der Waals surface area contributed by atoms with Gasteiger partial charge in [0.2, 0.25) is 5.91 Å². The van der Waals surface area contributed by atoms with Gasteiger partial charge in [-0.05, 0) is 56.7 Å². The Morgan fingerprint density at radius 3 is 2.71 bits per heavy atom. The minimum atomic E-state index is -0.428. The molecule has 0 unspecified atom stereocenters. The van der Waals surface area contributed by atoms with Crippen molar-refractivity contribution in [1.82, 2.24) is 10.3 Å². The number of hydrogen-bond acceptors (Lipinski definition) is 5. The molecule has 4 rings (SSSR count). The lowest BCUT2D eigenvalue weighted by Gasteiger charge is -2.30. The minimum absolute atomic E-state index is 0.159. The van der Waals surface area contributed by atoms with E-state index in [-0.39, 0.29) is 5.91 Å². The fourth-order valence-corrected chi connectivity index (χ4v) is 5.07. The second-order valence-corrected chi connectivity index (χ2v) is 8.69. The highest BCUT2D eigenvalue weighted by atomic mass is 32.1. The maximum Gasteiger partial charge on any atom is 0.230 e. The third-order valence-corrected chi connectivity index (χ3v) is 6.78. The monoisotopic (exact) mass is 400 g/mol. The first-order valence-corrected chi connectivity index (χ1v) is 11.1. The van der Waals surface area contributed by atoms with Gasteiger partial charge in [-0.1, -0.05) is 18.9 Å². The van der Waals surface area contributed by atoms with Gasteiger partial charge in [-0.3, -0.25) is 4.79 Å². The molecule has 1 aliphatic carbocycles. The van der Waals surface area contributed by atoms with Crippen LogP contribution >= 0.6 is 11.3 Å². The molecule has 1 saturated carbocycles. The molecule has 1 aliphatic heterocycles. The number of aryl methyl sites for hydroxylation is 2. The molecule has 0 radical (unpaired) electrons. The predicted octanol–water partition coefficient (Wildman–Crippen LogP) is 4.17. The number of carbonyl (C=O) groups excluding carboxylic acids is 1. The number of amides is 1. The van der Waals surface area contributed by atoms with Gasteiger partial charge in [0.25, 0.3) is 0 Å². The molecular formula is C22H28N2O3S. The summed E-state index contributed by atoms with van der Waals surface area (Å²) < 4.78 is 11.4. The third kappa shape index (κ3) is 4.02. The summed E-state index contributed by atoms with van der Waals surface area (Å²) in [5.74, 6) is 1.70. The number of hydrogen-bond donors (Lipinski definition) is 1. The number of ether oxygens (including phenoxy) is 2. The van der Waals surface area contributed by atoms with Crippen molar-refractivity contribution in [1.29, 1.82) is 0 Å². The Balaban J connectivity index is 1.36. The highest BCUT2D eigenvalue weighted by Gasteiger charge is 2.43. The van der Waals surface area contributed by atoms with Gasteiger partial charge in [0.05, 0.1) is 10.4 Å². The standard InChI is InChI=1S/C22H28N2O3S/c1-16-15-28-20(24-16)6-2-5-11-23-21(25)22(9-3-4-10-22)17-7-8-18-19(14-17)27-13-12-26-18/h7-8,14-15H,2-6,9-13H2,1H3,(H,23,25). The van der Waals surface area contributed by atoms with Crippen LogP contribution in [0.3, 0.4) is 0 Å². The summed E-state index contributed by atoms with van der Waals surface area (Å²) in [7, 11) is 0. The zero-order chi connectivity index (χ0) is 19.4. The van der Waals surface area contributed by atoms with Crippen LogP contribution in [-0.2, 0) is 16.6 Å². The summed E-state index contributed by atoms with van der Waals surface area (Å²) in [6, 6.07) is 6.01. The molecule has 1 fully saturated rings. The molecule has 150 valence electrons. The Morgan fingerprint density at radius 2 is 1.96 bits per heavy atom. The Kier molecular flexibility index (Phi) is 5.85. The van der Waals surface area contributed by atoms with Crippen LogP contribution in [0.1, 0.15) is 54.8 Å². The van der Waals surface area contributed by atoms with E-state index >= 15 is 0 Å². The van der Waals surface area contributed by atoms with Crippen molar-refractivity contribution >= 4 is 17.2 Å². The van der Waals surface area contributed by atoms with Crippen LogP contribution in [0.25, 0.3) is 0 Å². The maximum absolute atomic E-state index is 13.2. The average molecular weight is 401 g/mol. The number of aromatic nitrogens is 1. The van der Waals surface area contributed by atoms with Crippen molar-refractivity contribution in [3.05, 3.63) is 39.8 Å². The first-order valence-electron chi connectivity index (χ1n) is 10.3. The number of benzene rings is 1. The molecule has 0 atom stereocenters. The van der Waals surface area contributed by atoms with E-state index in [1.807, 2.05) is 25.1 Å². The summed E-state index contributed by atoms with van der Waals surface area (Å²) in [6.45, 7) is 3.89. The Morgan fingerprint density at radius 1 is 1.18 bits per heavy atom. The number of thiazole rings is 1. The van der Waals surface area contributed by atoms with Crippen LogP contribution < -0.4 is 14.8 Å². The fourth-order valence-electron chi connectivity index (χ4n) is 4.26. The summed E-state index contributed by atoms with van der Waals surface area (Å²) in [5.41, 5.74) is 1.73. The Bertz CT molecular complexity index is 827. The zero-order valence-corrected chi connectivity index (χ0v) is 17.3. The Labute approximate surface area is 170 Å². The van der Waals surface area contributed by atoms with Gasteiger partial charge in [0, 0.05) is 17.6 Å². The molecule has 0 bridgehead atoms. The molecule has 2 aliphatic rings. The molecule has 0 saturated heterocycles. The lowest BCUT2D eigenvalue weighted by Crippen LogP contribution is -2.43. The van der Waals surface area contributed by atoms with Crippen LogP contribution in [0.15, 0.2) is 23.6 Å². The largest absolute Gasteiger partial charge is 0.486 e. The van der Waals surface area contributed by atoms with Crippen molar-refractivity contribution in [2.75, 3.05) is 19.8 Å². The zero-order valence-electron chi connectivity index (χ0n) is 16.5. The molecule has 1 N–H and O–H groups in total. The number of fused-ring (bicyclic) bond motifs is 1. The van der Waals surface area contributed by atoms with Gasteiger partial charge in [-0.2, -0.15) is 0 Å². The quantitative estimate of drug-likeness (QED) is 0.709. The maximum atomic E-state index is 13.2. The molecule has 1 aromatic heterocycles. The normalized spacial score (nSPS) is 17.5. The van der Waals surface area contributed by atoms with Crippen molar-refractivity contribution in [3.8, 4) is 11.5 Å². The summed E-state index contributed by atoms with van der Waals surface area (Å²) in [6.07, 6.45) is 6.98. The second kappa shape index (κ2) is 8.52. The first kappa shape index (κ1) is 19.2. The van der Waals surface area contributed by atoms with Crippen molar-refractivity contribution in [2.24, 2.45) is 0 Å². The molecular weight excluding hydrogens is 372 g/mol. The van der Waals surface area contributed by atoms with E-state index in [9.17, 15) is 4.79 Å². The first-order chi connectivity index (χ1) is 13.7. The van der Waals surface area contributed by atoms with Crippen LogP contribution in [0.5, 0.6) is 11.5 Å². The van der Waals surface area contributed by atoms with Crippen LogP contribution in [0.2, 0.25) is 0 Å². The van der Waals surface area contributed by atoms with E-state index in [4.69, 9.17) is 9.47 Å². The third-order valence-electron chi connectivity index (χ3n) is 5.76. The molecule has 2 heterocycles. The molecule has 1 amide bonds. The van der Waals surface area contributed by atoms with E-state index in [0.29, 0.717) is 13.2 Å². The molecule has 5 nitrogen and oxygen atoms in total. The predicted molar refractivity (Wildman–Crippen MR) is 110 cm³/mol. The lowest BCUT2D eigenvalue weighted by atomic mass is 9.77. The SMILES string of the molecule is Cc1csc(CCCCNC(=O)C2(c3ccc4c(c3)OCCO4)CCCC2)n1. The highest BCUT2D eigenvalue weighted by molar-refractivity contribution is 7.09. The van der Waals surface area contributed by atoms with E-state index in [0.717, 1.165) is 74.2 Å². The average Bonchev–Trinajstić information content (AvgIpc) is 3.37. The van der Waals surface area contributed by atoms with Crippen LogP contribution in [0, 0.1) is 6.92 Å². The molecule has 1 aromatic carbocycles. The topological polar surface area (TPSA) is 60.5 Å². The molecule has 6 heteroatoms. The van der Waals surface area contributed by atoms with E-state index in [1.54, 1.807) is 11.3 Å². The van der Waals surface area contributed by atoms with Gasteiger partial charge in [0.15, 0.2) is 11.5 Å². The summed E-state index contributed by atoms with van der Waals surface area (Å²) in [5, 5.41) is 6.49. The number of carbonyl (C=O) groups is 1. The summed E-state index contributed by atoms with van der Waals surface area (Å²) >= 11 is 1.72. The van der Waals surface area contributed by atoms with Crippen LogP contribution in [0.4, 0.5) is 0 Å². The van der Waals surface area contributed by atoms with E-state index in [2.05, 4.69) is 15.7 Å². The minimum Gasteiger partial charge on any atom is -0.486 e. The van der Waals surface area contributed by atoms with E-state index in [1.165, 1.54) is 5.01 Å². The smallest absolute Gasteiger partial charge is 0.230 e. The number of unbranched alkanes of at least 4 members (excludes halogenated alkanes) is 1. The number of rotatable bonds is 7. The Hall–Kier alpha value is -2.08. The van der Waals surface area contributed by atoms with E-state index < -0.39 is 5.41 Å². The molecule has 2 aromatic rings. The van der Waals surface area contributed by atoms with Gasteiger partial charge < -0.3 is 14.8 Å². The van der Waals surface area contributed by atoms with Crippen molar-refractivity contribution in [2.45, 2.75) is 57.3 Å². The number of nitrogens with zero attached hydrogens (tertiary/aromatic N) is 1. The molecule has 0 spiro atoms. The summed E-state index contributed by atoms with van der Waals surface area (Å²) in [4.78, 5) is 17.7. The highest BCUT2D eigenvalue weighted by Crippen LogP contribution is 2.44. The van der Waals surface area contributed by atoms with Gasteiger partial charge in [-0.25, -0.2) is 4.98 Å². The van der Waals surface area contributed by atoms with Crippen molar-refractivity contribution < 1.29 is 14.3 Å². The fraction of sp³-hybridized carbons (Fsp3) is 0.545. The molecule has 28 heavy (non-hydrogen) atoms. The van der Waals surface area contributed by atoms with Gasteiger partial charge in [-0.15, -0.1) is 11.3 Å². The number of nitrogens with one attached hydrogen (secondary N) is 1. The van der Waals surface area contributed by atoms with Crippen molar-refractivity contribution in [3.63, 3.8) is 0 Å². The van der Waals surface area contributed by atoms with Gasteiger partial charge >= 0.3 is 0 Å². The van der Waals surface area contributed by atoms with Gasteiger partial charge in [0.1, 0.15) is 13.2 Å². The lowest BCUT2D eigenvalue weighted by molar-refractivity contribution is -0.126.